The van der Waals surface area contributed by atoms with Crippen molar-refractivity contribution >= 4 is 11.9 Å². The van der Waals surface area contributed by atoms with Gasteiger partial charge in [0.1, 0.15) is 18.2 Å². The van der Waals surface area contributed by atoms with Gasteiger partial charge in [-0.1, -0.05) is 12.1 Å². The number of methoxy groups -OCH3 is 1. The average Bonchev–Trinajstić information content (AvgIpc) is 3.10. The van der Waals surface area contributed by atoms with Crippen molar-refractivity contribution in [1.82, 2.24) is 9.55 Å². The zero-order valence-electron chi connectivity index (χ0n) is 15.1. The molecule has 0 aliphatic rings. The second-order valence-corrected chi connectivity index (χ2v) is 5.90. The van der Waals surface area contributed by atoms with Crippen LogP contribution in [-0.2, 0) is 13.7 Å². The summed E-state index contributed by atoms with van der Waals surface area (Å²) in [7, 11) is 3.39. The number of ether oxygens (including phenoxy) is 2. The van der Waals surface area contributed by atoms with Crippen LogP contribution >= 0.6 is 0 Å². The summed E-state index contributed by atoms with van der Waals surface area (Å²) in [5.74, 6) is 1.77. The van der Waals surface area contributed by atoms with Crippen LogP contribution in [0, 0.1) is 0 Å². The highest BCUT2D eigenvalue weighted by atomic mass is 16.5. The minimum absolute atomic E-state index is 0.0290. The number of phenols is 1. The molecule has 0 fully saturated rings. The van der Waals surface area contributed by atoms with E-state index >= 15 is 0 Å². The molecule has 3 aromatic rings. The van der Waals surface area contributed by atoms with Crippen LogP contribution < -0.4 is 9.47 Å². The van der Waals surface area contributed by atoms with Gasteiger partial charge in [-0.15, -0.1) is 0 Å². The summed E-state index contributed by atoms with van der Waals surface area (Å²) < 4.78 is 12.6. The Balaban J connectivity index is 1.61. The Hall–Kier alpha value is -3.54. The normalized spacial score (nSPS) is 10.9. The van der Waals surface area contributed by atoms with Gasteiger partial charge in [-0.25, -0.2) is 4.98 Å². The predicted octanol–water partition coefficient (Wildman–Crippen LogP) is 3.61. The van der Waals surface area contributed by atoms with Crippen LogP contribution in [-0.4, -0.2) is 27.6 Å². The molecule has 0 bridgehead atoms. The first-order valence-corrected chi connectivity index (χ1v) is 8.35. The van der Waals surface area contributed by atoms with E-state index in [2.05, 4.69) is 4.98 Å². The number of rotatable bonds is 7. The monoisotopic (exact) mass is 364 g/mol. The Morgan fingerprint density at radius 2 is 2.00 bits per heavy atom. The van der Waals surface area contributed by atoms with E-state index < -0.39 is 0 Å². The summed E-state index contributed by atoms with van der Waals surface area (Å²) in [6.45, 7) is 0.359. The zero-order valence-corrected chi connectivity index (χ0v) is 15.1. The van der Waals surface area contributed by atoms with Crippen LogP contribution in [0.5, 0.6) is 17.2 Å². The van der Waals surface area contributed by atoms with Crippen molar-refractivity contribution < 1.29 is 19.4 Å². The maximum absolute atomic E-state index is 12.3. The first kappa shape index (κ1) is 18.3. The standard InChI is InChI=1S/C21H20N2O4/c1-23-12-11-22-21(23)14-27-17-7-5-16(6-8-17)18(24)9-3-15-4-10-20(26-2)19(25)13-15/h3-13,25H,14H2,1-2H3/b9-3+. The Labute approximate surface area is 157 Å². The second-order valence-electron chi connectivity index (χ2n) is 5.90. The Morgan fingerprint density at radius 1 is 1.22 bits per heavy atom. The first-order chi connectivity index (χ1) is 13.1. The van der Waals surface area contributed by atoms with Crippen molar-refractivity contribution in [3.8, 4) is 17.2 Å². The molecule has 6 heteroatoms. The molecule has 1 aromatic heterocycles. The number of allylic oxidation sites excluding steroid dienone is 1. The molecule has 1 N–H and O–H groups in total. The fraction of sp³-hybridized carbons (Fsp3) is 0.143. The molecule has 0 amide bonds. The van der Waals surface area contributed by atoms with Crippen LogP contribution in [0.3, 0.4) is 0 Å². The molecule has 0 atom stereocenters. The Morgan fingerprint density at radius 3 is 2.63 bits per heavy atom. The summed E-state index contributed by atoms with van der Waals surface area (Å²) in [6, 6.07) is 11.9. The van der Waals surface area contributed by atoms with E-state index in [9.17, 15) is 9.90 Å². The molecule has 0 aliphatic carbocycles. The number of hydrogen-bond donors (Lipinski definition) is 1. The number of carbonyl (C=O) groups is 1. The van der Waals surface area contributed by atoms with Gasteiger partial charge >= 0.3 is 0 Å². The number of carbonyl (C=O) groups excluding carboxylic acids is 1. The number of nitrogens with zero attached hydrogens (tertiary/aromatic N) is 2. The fourth-order valence-electron chi connectivity index (χ4n) is 2.48. The van der Waals surface area contributed by atoms with Gasteiger partial charge in [0.05, 0.1) is 7.11 Å². The smallest absolute Gasteiger partial charge is 0.185 e. The third-order valence-electron chi connectivity index (χ3n) is 4.06. The van der Waals surface area contributed by atoms with E-state index in [0.29, 0.717) is 29.2 Å². The highest BCUT2D eigenvalue weighted by Crippen LogP contribution is 2.26. The lowest BCUT2D eigenvalue weighted by atomic mass is 10.1. The zero-order chi connectivity index (χ0) is 19.2. The number of ketones is 1. The molecule has 27 heavy (non-hydrogen) atoms. The largest absolute Gasteiger partial charge is 0.504 e. The number of aromatic nitrogens is 2. The molecule has 3 rings (SSSR count). The van der Waals surface area contributed by atoms with Crippen LogP contribution in [0.4, 0.5) is 0 Å². The molecule has 0 unspecified atom stereocenters. The van der Waals surface area contributed by atoms with Crippen molar-refractivity contribution in [3.63, 3.8) is 0 Å². The number of aryl methyl sites for hydroxylation is 1. The van der Waals surface area contributed by atoms with Crippen molar-refractivity contribution in [1.29, 1.82) is 0 Å². The van der Waals surface area contributed by atoms with Crippen LogP contribution in [0.15, 0.2) is 60.9 Å². The third-order valence-corrected chi connectivity index (χ3v) is 4.06. The fourth-order valence-corrected chi connectivity index (χ4v) is 2.48. The third kappa shape index (κ3) is 4.55. The summed E-state index contributed by atoms with van der Waals surface area (Å²) >= 11 is 0. The summed E-state index contributed by atoms with van der Waals surface area (Å²) in [5.41, 5.74) is 1.25. The molecule has 1 heterocycles. The number of benzene rings is 2. The molecule has 0 radical (unpaired) electrons. The SMILES string of the molecule is COc1ccc(/C=C/C(=O)c2ccc(OCc3nccn3C)cc2)cc1O. The molecule has 6 nitrogen and oxygen atoms in total. The van der Waals surface area contributed by atoms with Gasteiger partial charge in [-0.2, -0.15) is 0 Å². The first-order valence-electron chi connectivity index (χ1n) is 8.35. The van der Waals surface area contributed by atoms with Crippen molar-refractivity contribution in [3.05, 3.63) is 77.9 Å². The van der Waals surface area contributed by atoms with E-state index in [-0.39, 0.29) is 11.5 Å². The van der Waals surface area contributed by atoms with Gasteiger partial charge in [-0.3, -0.25) is 4.79 Å². The topological polar surface area (TPSA) is 73.6 Å². The van der Waals surface area contributed by atoms with E-state index in [1.54, 1.807) is 48.7 Å². The van der Waals surface area contributed by atoms with E-state index in [4.69, 9.17) is 9.47 Å². The van der Waals surface area contributed by atoms with Gasteiger partial charge in [-0.05, 0) is 48.0 Å². The molecule has 0 saturated carbocycles. The molecular formula is C21H20N2O4. The lowest BCUT2D eigenvalue weighted by molar-refractivity contribution is 0.104. The van der Waals surface area contributed by atoms with Crippen molar-refractivity contribution in [2.75, 3.05) is 7.11 Å². The molecule has 138 valence electrons. The van der Waals surface area contributed by atoms with Gasteiger partial charge < -0.3 is 19.1 Å². The number of imidazole rings is 1. The Kier molecular flexibility index (Phi) is 5.56. The van der Waals surface area contributed by atoms with Gasteiger partial charge in [0.2, 0.25) is 0 Å². The van der Waals surface area contributed by atoms with E-state index in [0.717, 1.165) is 5.82 Å². The van der Waals surface area contributed by atoms with Crippen LogP contribution in [0.1, 0.15) is 21.7 Å². The maximum atomic E-state index is 12.3. The number of aromatic hydroxyl groups is 1. The number of phenolic OH excluding ortho intramolecular Hbond substituents is 1. The lowest BCUT2D eigenvalue weighted by Gasteiger charge is -2.06. The average molecular weight is 364 g/mol. The maximum Gasteiger partial charge on any atom is 0.185 e. The second kappa shape index (κ2) is 8.23. The summed E-state index contributed by atoms with van der Waals surface area (Å²) in [6.07, 6.45) is 6.68. The highest BCUT2D eigenvalue weighted by Gasteiger charge is 2.05. The molecular weight excluding hydrogens is 344 g/mol. The van der Waals surface area contributed by atoms with Gasteiger partial charge in [0.15, 0.2) is 17.3 Å². The Bertz CT molecular complexity index is 959. The quantitative estimate of drug-likeness (QED) is 0.512. The summed E-state index contributed by atoms with van der Waals surface area (Å²) in [4.78, 5) is 16.5. The van der Waals surface area contributed by atoms with E-state index in [1.165, 1.54) is 19.3 Å². The minimum atomic E-state index is -0.138. The summed E-state index contributed by atoms with van der Waals surface area (Å²) in [5, 5.41) is 9.78. The molecule has 0 saturated heterocycles. The van der Waals surface area contributed by atoms with Crippen LogP contribution in [0.2, 0.25) is 0 Å². The highest BCUT2D eigenvalue weighted by molar-refractivity contribution is 6.06. The van der Waals surface area contributed by atoms with E-state index in [1.807, 2.05) is 17.8 Å². The molecule has 2 aromatic carbocycles. The lowest BCUT2D eigenvalue weighted by Crippen LogP contribution is -2.03. The molecule has 0 spiro atoms. The minimum Gasteiger partial charge on any atom is -0.504 e. The predicted molar refractivity (Wildman–Crippen MR) is 102 cm³/mol. The number of hydrogen-bond acceptors (Lipinski definition) is 5. The van der Waals surface area contributed by atoms with Crippen molar-refractivity contribution in [2.24, 2.45) is 7.05 Å². The van der Waals surface area contributed by atoms with Crippen LogP contribution in [0.25, 0.3) is 6.08 Å². The van der Waals surface area contributed by atoms with Gasteiger partial charge in [0.25, 0.3) is 0 Å². The molecule has 0 aliphatic heterocycles. The van der Waals surface area contributed by atoms with Gasteiger partial charge in [0, 0.05) is 25.0 Å². The van der Waals surface area contributed by atoms with Crippen molar-refractivity contribution in [2.45, 2.75) is 6.61 Å².